The second-order valence-electron chi connectivity index (χ2n) is 4.72. The van der Waals surface area contributed by atoms with E-state index in [1.54, 1.807) is 6.07 Å². The van der Waals surface area contributed by atoms with Crippen molar-refractivity contribution < 1.29 is 9.18 Å². The Bertz CT molecular complexity index is 612. The lowest BCUT2D eigenvalue weighted by Gasteiger charge is -2.06. The molecule has 110 valence electrons. The molecule has 0 saturated heterocycles. The third-order valence-corrected chi connectivity index (χ3v) is 4.26. The summed E-state index contributed by atoms with van der Waals surface area (Å²) in [7, 11) is 0. The van der Waals surface area contributed by atoms with Crippen LogP contribution < -0.4 is 11.1 Å². The summed E-state index contributed by atoms with van der Waals surface area (Å²) in [6.07, 6.45) is 0.740. The molecule has 0 bridgehead atoms. The van der Waals surface area contributed by atoms with Crippen molar-refractivity contribution in [3.8, 4) is 0 Å². The Morgan fingerprint density at radius 3 is 2.85 bits per heavy atom. The van der Waals surface area contributed by atoms with E-state index in [0.717, 1.165) is 22.1 Å². The van der Waals surface area contributed by atoms with Gasteiger partial charge in [0.25, 0.3) is 5.91 Å². The molecule has 3 N–H and O–H groups in total. The molecule has 1 aromatic carbocycles. The van der Waals surface area contributed by atoms with Crippen LogP contribution >= 0.6 is 23.7 Å². The van der Waals surface area contributed by atoms with Crippen LogP contribution in [0.25, 0.3) is 10.1 Å². The van der Waals surface area contributed by atoms with Crippen molar-refractivity contribution in [3.63, 3.8) is 0 Å². The van der Waals surface area contributed by atoms with Gasteiger partial charge in [0.2, 0.25) is 0 Å². The highest BCUT2D eigenvalue weighted by Crippen LogP contribution is 2.31. The van der Waals surface area contributed by atoms with Gasteiger partial charge in [0.05, 0.1) is 4.88 Å². The molecule has 0 aliphatic heterocycles. The van der Waals surface area contributed by atoms with Crippen LogP contribution in [0.4, 0.5) is 4.39 Å². The topological polar surface area (TPSA) is 55.1 Å². The van der Waals surface area contributed by atoms with E-state index >= 15 is 0 Å². The molecule has 1 aromatic heterocycles. The number of nitrogens with two attached hydrogens (primary N) is 1. The number of rotatable bonds is 4. The Labute approximate surface area is 127 Å². The third-order valence-electron chi connectivity index (χ3n) is 2.99. The van der Waals surface area contributed by atoms with Crippen molar-refractivity contribution in [1.29, 1.82) is 0 Å². The van der Waals surface area contributed by atoms with Crippen LogP contribution in [0.2, 0.25) is 0 Å². The lowest BCUT2D eigenvalue weighted by atomic mass is 10.1. The van der Waals surface area contributed by atoms with Gasteiger partial charge in [-0.25, -0.2) is 4.39 Å². The van der Waals surface area contributed by atoms with Crippen molar-refractivity contribution in [2.45, 2.75) is 26.3 Å². The predicted octanol–water partition coefficient (Wildman–Crippen LogP) is 3.24. The van der Waals surface area contributed by atoms with Gasteiger partial charge in [0.1, 0.15) is 5.82 Å². The average molecular weight is 317 g/mol. The first-order valence-electron chi connectivity index (χ1n) is 6.21. The molecule has 20 heavy (non-hydrogen) atoms. The van der Waals surface area contributed by atoms with Crippen molar-refractivity contribution >= 4 is 39.7 Å². The highest BCUT2D eigenvalue weighted by molar-refractivity contribution is 7.21. The van der Waals surface area contributed by atoms with E-state index in [2.05, 4.69) is 5.32 Å². The van der Waals surface area contributed by atoms with E-state index in [-0.39, 0.29) is 30.2 Å². The summed E-state index contributed by atoms with van der Waals surface area (Å²) >= 11 is 1.39. The number of nitrogens with one attached hydrogen (secondary N) is 1. The van der Waals surface area contributed by atoms with Gasteiger partial charge >= 0.3 is 0 Å². The zero-order valence-corrected chi connectivity index (χ0v) is 13.0. The molecule has 0 saturated carbocycles. The number of halogens is 2. The molecule has 0 spiro atoms. The van der Waals surface area contributed by atoms with E-state index in [1.165, 1.54) is 23.5 Å². The smallest absolute Gasteiger partial charge is 0.261 e. The highest BCUT2D eigenvalue weighted by atomic mass is 35.5. The standard InChI is InChI=1S/C14H17FN2OS.ClH/c1-8(16)5-6-17-14(18)13-9(2)11-7-10(15)3-4-12(11)19-13;/h3-4,7-8H,5-6,16H2,1-2H3,(H,17,18);1H. The minimum absolute atomic E-state index is 0. The van der Waals surface area contributed by atoms with Gasteiger partial charge in [0.15, 0.2) is 0 Å². The number of carbonyl (C=O) groups is 1. The van der Waals surface area contributed by atoms with E-state index in [9.17, 15) is 9.18 Å². The highest BCUT2D eigenvalue weighted by Gasteiger charge is 2.15. The number of aryl methyl sites for hydroxylation is 1. The van der Waals surface area contributed by atoms with Gasteiger partial charge in [-0.05, 0) is 49.4 Å². The van der Waals surface area contributed by atoms with Gasteiger partial charge in [-0.3, -0.25) is 4.79 Å². The van der Waals surface area contributed by atoms with E-state index in [1.807, 2.05) is 13.8 Å². The van der Waals surface area contributed by atoms with Crippen molar-refractivity contribution in [2.75, 3.05) is 6.54 Å². The molecule has 0 aliphatic carbocycles. The lowest BCUT2D eigenvalue weighted by molar-refractivity contribution is 0.0956. The number of benzene rings is 1. The van der Waals surface area contributed by atoms with Crippen LogP contribution in [0, 0.1) is 12.7 Å². The fourth-order valence-corrected chi connectivity index (χ4v) is 3.01. The van der Waals surface area contributed by atoms with Crippen molar-refractivity contribution in [2.24, 2.45) is 5.73 Å². The van der Waals surface area contributed by atoms with Crippen molar-refractivity contribution in [3.05, 3.63) is 34.5 Å². The first-order chi connectivity index (χ1) is 8.99. The van der Waals surface area contributed by atoms with E-state index < -0.39 is 0 Å². The zero-order valence-electron chi connectivity index (χ0n) is 11.4. The molecule has 1 unspecified atom stereocenters. The first kappa shape index (κ1) is 16.9. The van der Waals surface area contributed by atoms with Crippen LogP contribution in [0.5, 0.6) is 0 Å². The van der Waals surface area contributed by atoms with E-state index in [0.29, 0.717) is 11.4 Å². The molecule has 6 heteroatoms. The second kappa shape index (κ2) is 7.02. The Kier molecular flexibility index (Phi) is 5.92. The van der Waals surface area contributed by atoms with Gasteiger partial charge < -0.3 is 11.1 Å². The van der Waals surface area contributed by atoms with Crippen LogP contribution in [-0.2, 0) is 0 Å². The fourth-order valence-electron chi connectivity index (χ4n) is 1.90. The lowest BCUT2D eigenvalue weighted by Crippen LogP contribution is -2.28. The molecule has 0 aliphatic rings. The molecule has 2 rings (SSSR count). The van der Waals surface area contributed by atoms with Gasteiger partial charge in [-0.2, -0.15) is 0 Å². The molecule has 0 fully saturated rings. The number of fused-ring (bicyclic) bond motifs is 1. The predicted molar refractivity (Wildman–Crippen MR) is 84.4 cm³/mol. The minimum Gasteiger partial charge on any atom is -0.351 e. The first-order valence-corrected chi connectivity index (χ1v) is 7.03. The van der Waals surface area contributed by atoms with Crippen LogP contribution in [0.1, 0.15) is 28.6 Å². The molecule has 1 atom stereocenters. The average Bonchev–Trinajstić information content (AvgIpc) is 2.66. The largest absolute Gasteiger partial charge is 0.351 e. The Balaban J connectivity index is 0.00000200. The summed E-state index contributed by atoms with van der Waals surface area (Å²) < 4.78 is 14.1. The number of amides is 1. The molecule has 3 nitrogen and oxygen atoms in total. The number of hydrogen-bond acceptors (Lipinski definition) is 3. The summed E-state index contributed by atoms with van der Waals surface area (Å²) in [6, 6.07) is 4.66. The Morgan fingerprint density at radius 1 is 1.50 bits per heavy atom. The summed E-state index contributed by atoms with van der Waals surface area (Å²) in [6.45, 7) is 4.30. The molecular formula is C14H18ClFN2OS. The van der Waals surface area contributed by atoms with Crippen LogP contribution in [-0.4, -0.2) is 18.5 Å². The zero-order chi connectivity index (χ0) is 14.0. The number of carbonyl (C=O) groups excluding carboxylic acids is 1. The quantitative estimate of drug-likeness (QED) is 0.910. The van der Waals surface area contributed by atoms with Crippen LogP contribution in [0.3, 0.4) is 0 Å². The second-order valence-corrected chi connectivity index (χ2v) is 5.77. The number of thiophene rings is 1. The Morgan fingerprint density at radius 2 is 2.20 bits per heavy atom. The molecular weight excluding hydrogens is 299 g/mol. The molecule has 1 amide bonds. The van der Waals surface area contributed by atoms with Crippen molar-refractivity contribution in [1.82, 2.24) is 5.32 Å². The fraction of sp³-hybridized carbons (Fsp3) is 0.357. The molecule has 0 radical (unpaired) electrons. The normalized spacial score (nSPS) is 12.0. The van der Waals surface area contributed by atoms with Crippen LogP contribution in [0.15, 0.2) is 18.2 Å². The minimum atomic E-state index is -0.280. The third kappa shape index (κ3) is 3.69. The monoisotopic (exact) mass is 316 g/mol. The van der Waals surface area contributed by atoms with E-state index in [4.69, 9.17) is 5.73 Å². The summed E-state index contributed by atoms with van der Waals surface area (Å²) in [5.74, 6) is -0.392. The van der Waals surface area contributed by atoms with Gasteiger partial charge in [-0.1, -0.05) is 0 Å². The Hall–Kier alpha value is -1.17. The molecule has 2 aromatic rings. The molecule has 1 heterocycles. The van der Waals surface area contributed by atoms with Gasteiger partial charge in [0, 0.05) is 17.3 Å². The summed E-state index contributed by atoms with van der Waals surface area (Å²) in [5, 5.41) is 3.65. The maximum Gasteiger partial charge on any atom is 0.261 e. The summed E-state index contributed by atoms with van der Waals surface area (Å²) in [4.78, 5) is 12.7. The maximum atomic E-state index is 13.2. The number of hydrogen-bond donors (Lipinski definition) is 2. The summed E-state index contributed by atoms with van der Waals surface area (Å²) in [5.41, 5.74) is 6.47. The van der Waals surface area contributed by atoms with Gasteiger partial charge in [-0.15, -0.1) is 23.7 Å². The maximum absolute atomic E-state index is 13.2. The SMILES string of the molecule is Cc1c(C(=O)NCCC(C)N)sc2ccc(F)cc12.Cl.